The Morgan fingerprint density at radius 1 is 1.07 bits per heavy atom. The van der Waals surface area contributed by atoms with E-state index in [9.17, 15) is 9.59 Å². The van der Waals surface area contributed by atoms with Crippen molar-refractivity contribution in [3.05, 3.63) is 0 Å². The van der Waals surface area contributed by atoms with Crippen molar-refractivity contribution >= 4 is 12.0 Å². The van der Waals surface area contributed by atoms with Gasteiger partial charge in [-0.15, -0.1) is 0 Å². The molecule has 0 aromatic carbocycles. The van der Waals surface area contributed by atoms with Gasteiger partial charge in [0.15, 0.2) is 5.79 Å². The number of likely N-dealkylation sites (tertiary alicyclic amines) is 1. The van der Waals surface area contributed by atoms with Crippen molar-refractivity contribution < 1.29 is 23.8 Å². The van der Waals surface area contributed by atoms with E-state index in [2.05, 4.69) is 15.5 Å². The number of hydrogen-bond donors (Lipinski definition) is 2. The zero-order valence-electron chi connectivity index (χ0n) is 18.1. The lowest BCUT2D eigenvalue weighted by Gasteiger charge is -2.36. The Labute approximate surface area is 174 Å². The van der Waals surface area contributed by atoms with E-state index >= 15 is 0 Å². The molecule has 0 radical (unpaired) electrons. The number of nitrogens with one attached hydrogen (secondary N) is 2. The van der Waals surface area contributed by atoms with Crippen LogP contribution in [0.5, 0.6) is 0 Å². The number of carbonyl (C=O) groups is 2. The molecule has 3 fully saturated rings. The number of nitrogens with zero attached hydrogens (tertiary/aromatic N) is 1. The first-order chi connectivity index (χ1) is 13.7. The second-order valence-electron chi connectivity index (χ2n) is 9.55. The highest BCUT2D eigenvalue weighted by Gasteiger charge is 2.40. The fraction of sp³-hybridized carbons (Fsp3) is 0.905. The van der Waals surface area contributed by atoms with Gasteiger partial charge in [0.1, 0.15) is 5.60 Å². The minimum atomic E-state index is -0.475. The molecule has 0 bridgehead atoms. The number of alkyl carbamates (subject to hydrolysis) is 1. The molecule has 8 heteroatoms. The Morgan fingerprint density at radius 3 is 2.28 bits per heavy atom. The Kier molecular flexibility index (Phi) is 7.40. The number of rotatable bonds is 5. The van der Waals surface area contributed by atoms with Crippen LogP contribution in [0.1, 0.15) is 59.3 Å². The summed E-state index contributed by atoms with van der Waals surface area (Å²) in [5.74, 6) is 0.156. The quantitative estimate of drug-likeness (QED) is 0.720. The molecule has 3 rings (SSSR count). The van der Waals surface area contributed by atoms with Gasteiger partial charge in [0, 0.05) is 25.4 Å². The van der Waals surface area contributed by atoms with E-state index in [0.29, 0.717) is 32.2 Å². The molecule has 1 spiro atoms. The van der Waals surface area contributed by atoms with Gasteiger partial charge in [0.05, 0.1) is 19.8 Å². The van der Waals surface area contributed by atoms with E-state index in [1.165, 1.54) is 0 Å². The van der Waals surface area contributed by atoms with Gasteiger partial charge in [-0.1, -0.05) is 0 Å². The molecular weight excluding hydrogens is 374 g/mol. The fourth-order valence-corrected chi connectivity index (χ4v) is 4.35. The summed E-state index contributed by atoms with van der Waals surface area (Å²) in [4.78, 5) is 26.4. The second-order valence-corrected chi connectivity index (χ2v) is 9.55. The monoisotopic (exact) mass is 411 g/mol. The highest BCUT2D eigenvalue weighted by molar-refractivity contribution is 5.78. The standard InChI is InChI=1S/C21H37N3O5/c1-20(2,3)29-19(26)22-14-16-6-10-24(11-7-16)15-18(25)23-17-4-8-21(9-5-17)27-12-13-28-21/h16-17H,4-15H2,1-3H3,(H,22,26)(H,23,25). The molecule has 0 aromatic rings. The summed E-state index contributed by atoms with van der Waals surface area (Å²) < 4.78 is 16.8. The molecule has 2 aliphatic heterocycles. The Balaban J connectivity index is 1.28. The SMILES string of the molecule is CC(C)(C)OC(=O)NCC1CCN(CC(=O)NC2CCC3(CC2)OCCO3)CC1. The van der Waals surface area contributed by atoms with E-state index in [0.717, 1.165) is 51.6 Å². The molecule has 2 heterocycles. The number of piperidine rings is 1. The zero-order chi connectivity index (χ0) is 20.9. The Bertz CT molecular complexity index is 553. The van der Waals surface area contributed by atoms with Crippen molar-refractivity contribution in [2.24, 2.45) is 5.92 Å². The van der Waals surface area contributed by atoms with E-state index < -0.39 is 5.60 Å². The van der Waals surface area contributed by atoms with Crippen LogP contribution < -0.4 is 10.6 Å². The van der Waals surface area contributed by atoms with Gasteiger partial charge in [-0.2, -0.15) is 0 Å². The third-order valence-corrected chi connectivity index (χ3v) is 5.93. The molecule has 2 N–H and O–H groups in total. The maximum atomic E-state index is 12.4. The average molecular weight is 412 g/mol. The van der Waals surface area contributed by atoms with Gasteiger partial charge in [0.25, 0.3) is 0 Å². The molecule has 2 amide bonds. The Hall–Kier alpha value is -1.38. The van der Waals surface area contributed by atoms with Gasteiger partial charge in [-0.3, -0.25) is 9.69 Å². The van der Waals surface area contributed by atoms with E-state index in [-0.39, 0.29) is 23.8 Å². The molecule has 0 unspecified atom stereocenters. The molecule has 0 aromatic heterocycles. The molecule has 166 valence electrons. The lowest BCUT2D eigenvalue weighted by atomic mass is 9.90. The lowest BCUT2D eigenvalue weighted by molar-refractivity contribution is -0.180. The first-order valence-electron chi connectivity index (χ1n) is 11.0. The van der Waals surface area contributed by atoms with Gasteiger partial charge >= 0.3 is 6.09 Å². The molecule has 3 aliphatic rings. The van der Waals surface area contributed by atoms with Gasteiger partial charge in [-0.05, 0) is 65.5 Å². The topological polar surface area (TPSA) is 89.1 Å². The van der Waals surface area contributed by atoms with Crippen LogP contribution in [0, 0.1) is 5.92 Å². The third kappa shape index (κ3) is 7.12. The Morgan fingerprint density at radius 2 is 1.69 bits per heavy atom. The van der Waals surface area contributed by atoms with Crippen LogP contribution >= 0.6 is 0 Å². The molecule has 0 atom stereocenters. The molecule has 8 nitrogen and oxygen atoms in total. The van der Waals surface area contributed by atoms with E-state index in [1.54, 1.807) is 0 Å². The fourth-order valence-electron chi connectivity index (χ4n) is 4.35. The van der Waals surface area contributed by atoms with Crippen LogP contribution in [0.25, 0.3) is 0 Å². The highest BCUT2D eigenvalue weighted by atomic mass is 16.7. The normalized spacial score (nSPS) is 23.8. The zero-order valence-corrected chi connectivity index (χ0v) is 18.1. The van der Waals surface area contributed by atoms with Gasteiger partial charge in [0.2, 0.25) is 5.91 Å². The largest absolute Gasteiger partial charge is 0.444 e. The maximum Gasteiger partial charge on any atom is 0.407 e. The summed E-state index contributed by atoms with van der Waals surface area (Å²) >= 11 is 0. The smallest absolute Gasteiger partial charge is 0.407 e. The van der Waals surface area contributed by atoms with Crippen LogP contribution in [0.3, 0.4) is 0 Å². The van der Waals surface area contributed by atoms with E-state index in [4.69, 9.17) is 14.2 Å². The number of hydrogen-bond acceptors (Lipinski definition) is 6. The average Bonchev–Trinajstić information content (AvgIpc) is 3.10. The second kappa shape index (κ2) is 9.62. The van der Waals surface area contributed by atoms with Crippen LogP contribution in [0.15, 0.2) is 0 Å². The minimum Gasteiger partial charge on any atom is -0.444 e. The van der Waals surface area contributed by atoms with Crippen molar-refractivity contribution in [2.45, 2.75) is 76.7 Å². The summed E-state index contributed by atoms with van der Waals surface area (Å²) in [6, 6.07) is 0.219. The molecule has 1 aliphatic carbocycles. The van der Waals surface area contributed by atoms with Crippen molar-refractivity contribution in [2.75, 3.05) is 39.4 Å². The van der Waals surface area contributed by atoms with Crippen molar-refractivity contribution in [1.29, 1.82) is 0 Å². The third-order valence-electron chi connectivity index (χ3n) is 5.93. The van der Waals surface area contributed by atoms with Crippen molar-refractivity contribution in [1.82, 2.24) is 15.5 Å². The van der Waals surface area contributed by atoms with Gasteiger partial charge in [-0.25, -0.2) is 4.79 Å². The molecule has 1 saturated carbocycles. The number of amides is 2. The summed E-state index contributed by atoms with van der Waals surface area (Å²) in [6.07, 6.45) is 5.12. The number of carbonyl (C=O) groups excluding carboxylic acids is 2. The van der Waals surface area contributed by atoms with Crippen LogP contribution in [0.2, 0.25) is 0 Å². The molecule has 29 heavy (non-hydrogen) atoms. The highest BCUT2D eigenvalue weighted by Crippen LogP contribution is 2.35. The molecular formula is C21H37N3O5. The summed E-state index contributed by atoms with van der Waals surface area (Å²) in [5.41, 5.74) is -0.475. The van der Waals surface area contributed by atoms with Crippen molar-refractivity contribution in [3.63, 3.8) is 0 Å². The lowest BCUT2D eigenvalue weighted by Crippen LogP contribution is -2.48. The maximum absolute atomic E-state index is 12.4. The van der Waals surface area contributed by atoms with Gasteiger partial charge < -0.3 is 24.8 Å². The van der Waals surface area contributed by atoms with E-state index in [1.807, 2.05) is 20.8 Å². The first-order valence-corrected chi connectivity index (χ1v) is 11.0. The number of ether oxygens (including phenoxy) is 3. The predicted octanol–water partition coefficient (Wildman–Crippen LogP) is 2.03. The predicted molar refractivity (Wildman–Crippen MR) is 108 cm³/mol. The molecule has 2 saturated heterocycles. The summed E-state index contributed by atoms with van der Waals surface area (Å²) in [7, 11) is 0. The summed E-state index contributed by atoms with van der Waals surface area (Å²) in [5, 5.41) is 6.04. The first kappa shape index (κ1) is 22.3. The van der Waals surface area contributed by atoms with Crippen LogP contribution in [0.4, 0.5) is 4.79 Å². The van der Waals surface area contributed by atoms with Crippen molar-refractivity contribution in [3.8, 4) is 0 Å². The minimum absolute atomic E-state index is 0.101. The van der Waals surface area contributed by atoms with Crippen LogP contribution in [-0.4, -0.2) is 73.7 Å². The van der Waals surface area contributed by atoms with Crippen LogP contribution in [-0.2, 0) is 19.0 Å². The summed E-state index contributed by atoms with van der Waals surface area (Å²) in [6.45, 7) is 9.77.